The quantitative estimate of drug-likeness (QED) is 0.421. The second-order valence-electron chi connectivity index (χ2n) is 9.69. The number of hydrogen-bond donors (Lipinski definition) is 0. The monoisotopic (exact) mass is 497 g/mol. The average Bonchev–Trinajstić information content (AvgIpc) is 3.20. The van der Waals surface area contributed by atoms with Crippen molar-refractivity contribution < 1.29 is 14.3 Å². The number of fused-ring (bicyclic) bond motifs is 1. The Morgan fingerprint density at radius 3 is 2.35 bits per heavy atom. The van der Waals surface area contributed by atoms with E-state index in [0.717, 1.165) is 61.6 Å². The Morgan fingerprint density at radius 1 is 0.892 bits per heavy atom. The topological polar surface area (TPSA) is 53.1 Å². The van der Waals surface area contributed by atoms with Crippen LogP contribution in [0, 0.1) is 0 Å². The molecule has 1 amide bonds. The highest BCUT2D eigenvalue weighted by Crippen LogP contribution is 2.48. The van der Waals surface area contributed by atoms with Crippen LogP contribution in [0.5, 0.6) is 0 Å². The zero-order chi connectivity index (χ0) is 25.8. The van der Waals surface area contributed by atoms with Gasteiger partial charge in [-0.1, -0.05) is 54.6 Å². The summed E-state index contributed by atoms with van der Waals surface area (Å²) < 4.78 is 5.17. The number of carbonyl (C=O) groups excluding carboxylic acids is 2. The summed E-state index contributed by atoms with van der Waals surface area (Å²) in [5.41, 5.74) is 4.18. The standard InChI is InChI=1S/C31H35N3O3/c1-3-34-28-16-9-8-15-27(28)31(30(34)36,25-12-6-5-7-13-25)17-18-32-19-21-33(22-20-32)26-14-10-11-24(23-26)29(35)37-4-2/h5-16,23H,3-4,17-22H2,1-2H3. The molecule has 2 aliphatic heterocycles. The highest BCUT2D eigenvalue weighted by atomic mass is 16.5. The van der Waals surface area contributed by atoms with E-state index in [1.54, 1.807) is 6.07 Å². The lowest BCUT2D eigenvalue weighted by molar-refractivity contribution is -0.122. The summed E-state index contributed by atoms with van der Waals surface area (Å²) in [6, 6.07) is 26.2. The van der Waals surface area contributed by atoms with E-state index in [9.17, 15) is 9.59 Å². The van der Waals surface area contributed by atoms with Crippen LogP contribution in [0.3, 0.4) is 0 Å². The number of para-hydroxylation sites is 1. The maximum Gasteiger partial charge on any atom is 0.338 e. The predicted octanol–water partition coefficient (Wildman–Crippen LogP) is 4.73. The van der Waals surface area contributed by atoms with E-state index in [2.05, 4.69) is 40.1 Å². The van der Waals surface area contributed by atoms with Crippen LogP contribution in [0.1, 0.15) is 41.8 Å². The molecule has 1 saturated heterocycles. The van der Waals surface area contributed by atoms with Crippen LogP contribution in [0.25, 0.3) is 0 Å². The molecule has 3 aromatic rings. The number of carbonyl (C=O) groups is 2. The highest BCUT2D eigenvalue weighted by Gasteiger charge is 2.51. The van der Waals surface area contributed by atoms with E-state index in [0.29, 0.717) is 18.7 Å². The third-order valence-corrected chi connectivity index (χ3v) is 7.75. The van der Waals surface area contributed by atoms with Gasteiger partial charge in [-0.2, -0.15) is 0 Å². The van der Waals surface area contributed by atoms with Gasteiger partial charge in [-0.05, 0) is 62.2 Å². The lowest BCUT2D eigenvalue weighted by Crippen LogP contribution is -2.49. The second-order valence-corrected chi connectivity index (χ2v) is 9.69. The molecular formula is C31H35N3O3. The van der Waals surface area contributed by atoms with Gasteiger partial charge in [0.25, 0.3) is 0 Å². The van der Waals surface area contributed by atoms with Crippen molar-refractivity contribution in [2.24, 2.45) is 0 Å². The van der Waals surface area contributed by atoms with Gasteiger partial charge in [0.05, 0.1) is 12.2 Å². The summed E-state index contributed by atoms with van der Waals surface area (Å²) in [4.78, 5) is 32.9. The van der Waals surface area contributed by atoms with Crippen LogP contribution in [0.15, 0.2) is 78.9 Å². The number of piperazine rings is 1. The molecule has 0 saturated carbocycles. The molecule has 3 aromatic carbocycles. The second kappa shape index (κ2) is 10.8. The van der Waals surface area contributed by atoms with Gasteiger partial charge in [-0.15, -0.1) is 0 Å². The first-order valence-corrected chi connectivity index (χ1v) is 13.3. The van der Waals surface area contributed by atoms with Crippen LogP contribution in [-0.2, 0) is 14.9 Å². The summed E-state index contributed by atoms with van der Waals surface area (Å²) in [6.45, 7) is 9.29. The van der Waals surface area contributed by atoms with E-state index in [4.69, 9.17) is 4.74 Å². The fourth-order valence-corrected chi connectivity index (χ4v) is 5.83. The maximum absolute atomic E-state index is 14.0. The molecule has 5 rings (SSSR count). The molecule has 6 heteroatoms. The first-order valence-electron chi connectivity index (χ1n) is 13.3. The largest absolute Gasteiger partial charge is 0.462 e. The third kappa shape index (κ3) is 4.62. The number of benzene rings is 3. The van der Waals surface area contributed by atoms with E-state index in [-0.39, 0.29) is 11.9 Å². The lowest BCUT2D eigenvalue weighted by Gasteiger charge is -2.38. The summed E-state index contributed by atoms with van der Waals surface area (Å²) in [5, 5.41) is 0. The molecule has 1 atom stereocenters. The Kier molecular flexibility index (Phi) is 7.28. The van der Waals surface area contributed by atoms with Crippen LogP contribution in [0.4, 0.5) is 11.4 Å². The fraction of sp³-hybridized carbons (Fsp3) is 0.355. The Balaban J connectivity index is 1.32. The van der Waals surface area contributed by atoms with Crippen molar-refractivity contribution in [1.29, 1.82) is 0 Å². The normalized spacial score (nSPS) is 19.7. The minimum absolute atomic E-state index is 0.178. The number of esters is 1. The van der Waals surface area contributed by atoms with E-state index in [1.807, 2.05) is 61.2 Å². The number of nitrogens with zero attached hydrogens (tertiary/aromatic N) is 3. The van der Waals surface area contributed by atoms with Crippen molar-refractivity contribution in [1.82, 2.24) is 4.90 Å². The van der Waals surface area contributed by atoms with Crippen molar-refractivity contribution in [3.8, 4) is 0 Å². The zero-order valence-electron chi connectivity index (χ0n) is 21.7. The summed E-state index contributed by atoms with van der Waals surface area (Å²) in [5.74, 6) is -0.103. The lowest BCUT2D eigenvalue weighted by atomic mass is 9.72. The van der Waals surface area contributed by atoms with Gasteiger partial charge < -0.3 is 14.5 Å². The van der Waals surface area contributed by atoms with E-state index in [1.165, 1.54) is 0 Å². The molecule has 0 spiro atoms. The summed E-state index contributed by atoms with van der Waals surface area (Å²) in [7, 11) is 0. The van der Waals surface area contributed by atoms with Gasteiger partial charge >= 0.3 is 5.97 Å². The molecular weight excluding hydrogens is 462 g/mol. The Labute approximate surface area is 219 Å². The minimum Gasteiger partial charge on any atom is -0.462 e. The number of rotatable bonds is 8. The molecule has 2 heterocycles. The maximum atomic E-state index is 14.0. The molecule has 0 radical (unpaired) electrons. The van der Waals surface area contributed by atoms with Crippen molar-refractivity contribution >= 4 is 23.3 Å². The molecule has 1 unspecified atom stereocenters. The Morgan fingerprint density at radius 2 is 1.62 bits per heavy atom. The molecule has 0 aliphatic carbocycles. The van der Waals surface area contributed by atoms with E-state index < -0.39 is 5.41 Å². The van der Waals surface area contributed by atoms with E-state index >= 15 is 0 Å². The Hall–Kier alpha value is -3.64. The average molecular weight is 498 g/mol. The molecule has 37 heavy (non-hydrogen) atoms. The van der Waals surface area contributed by atoms with Crippen LogP contribution >= 0.6 is 0 Å². The van der Waals surface area contributed by atoms with Crippen LogP contribution in [-0.4, -0.2) is 62.7 Å². The van der Waals surface area contributed by atoms with Crippen LogP contribution < -0.4 is 9.80 Å². The first-order chi connectivity index (χ1) is 18.1. The minimum atomic E-state index is -0.668. The van der Waals surface area contributed by atoms with Crippen molar-refractivity contribution in [3.63, 3.8) is 0 Å². The molecule has 192 valence electrons. The number of amides is 1. The smallest absolute Gasteiger partial charge is 0.338 e. The Bertz CT molecular complexity index is 1250. The molecule has 6 nitrogen and oxygen atoms in total. The van der Waals surface area contributed by atoms with Crippen molar-refractivity contribution in [2.75, 3.05) is 55.7 Å². The third-order valence-electron chi connectivity index (χ3n) is 7.75. The molecule has 0 aromatic heterocycles. The van der Waals surface area contributed by atoms with Gasteiger partial charge in [0.15, 0.2) is 0 Å². The predicted molar refractivity (Wildman–Crippen MR) is 147 cm³/mol. The number of ether oxygens (including phenoxy) is 1. The van der Waals surface area contributed by atoms with Gasteiger partial charge in [-0.25, -0.2) is 4.79 Å². The number of likely N-dealkylation sites (N-methyl/N-ethyl adjacent to an activating group) is 1. The summed E-state index contributed by atoms with van der Waals surface area (Å²) >= 11 is 0. The zero-order valence-corrected chi connectivity index (χ0v) is 21.7. The molecule has 0 bridgehead atoms. The first kappa shape index (κ1) is 25.0. The number of hydrogen-bond acceptors (Lipinski definition) is 5. The van der Waals surface area contributed by atoms with Crippen molar-refractivity contribution in [2.45, 2.75) is 25.7 Å². The van der Waals surface area contributed by atoms with Gasteiger partial charge in [0, 0.05) is 44.1 Å². The molecule has 0 N–H and O–H groups in total. The van der Waals surface area contributed by atoms with Gasteiger partial charge in [0.2, 0.25) is 5.91 Å². The summed E-state index contributed by atoms with van der Waals surface area (Å²) in [6.07, 6.45) is 0.738. The highest BCUT2D eigenvalue weighted by molar-refractivity contribution is 6.10. The number of anilines is 2. The van der Waals surface area contributed by atoms with Crippen molar-refractivity contribution in [3.05, 3.63) is 95.6 Å². The molecule has 2 aliphatic rings. The van der Waals surface area contributed by atoms with Gasteiger partial charge in [-0.3, -0.25) is 9.69 Å². The fourth-order valence-electron chi connectivity index (χ4n) is 5.83. The van der Waals surface area contributed by atoms with Crippen LogP contribution in [0.2, 0.25) is 0 Å². The van der Waals surface area contributed by atoms with Gasteiger partial charge in [0.1, 0.15) is 5.41 Å². The molecule has 1 fully saturated rings. The SMILES string of the molecule is CCOC(=O)c1cccc(N2CCN(CCC3(c4ccccc4)C(=O)N(CC)c4ccccc43)CC2)c1.